The molecule has 0 fully saturated rings. The van der Waals surface area contributed by atoms with Gasteiger partial charge in [0.15, 0.2) is 0 Å². The quantitative estimate of drug-likeness (QED) is 0.333. The molecule has 0 aliphatic carbocycles. The van der Waals surface area contributed by atoms with Crippen LogP contribution in [0.3, 0.4) is 0 Å². The maximum Gasteiger partial charge on any atom is 0.736 e. The smallest absolute Gasteiger partial charge is 0.319 e. The molecule has 0 saturated heterocycles. The van der Waals surface area contributed by atoms with Crippen molar-refractivity contribution in [2.45, 2.75) is 13.0 Å². The molecular formula is C3H7NO5P+. The van der Waals surface area contributed by atoms with Gasteiger partial charge >= 0.3 is 14.2 Å². The highest BCUT2D eigenvalue weighted by molar-refractivity contribution is 7.31. The minimum absolute atomic E-state index is 0.866. The standard InChI is InChI=1S/C3H6NO5P/c1-2(4)3(5)8-9-10(6)7/h2H,4H2,1H3/p+1. The van der Waals surface area contributed by atoms with Crippen LogP contribution in [0, 0.1) is 0 Å². The Bertz CT molecular complexity index is 146. The predicted molar refractivity (Wildman–Crippen MR) is 30.7 cm³/mol. The number of hydrogen-bond acceptors (Lipinski definition) is 5. The van der Waals surface area contributed by atoms with Gasteiger partial charge in [0, 0.05) is 4.57 Å². The third-order valence-electron chi connectivity index (χ3n) is 0.555. The van der Waals surface area contributed by atoms with Crippen LogP contribution in [-0.4, -0.2) is 16.9 Å². The fourth-order valence-corrected chi connectivity index (χ4v) is 0.282. The van der Waals surface area contributed by atoms with Gasteiger partial charge in [0.1, 0.15) is 10.7 Å². The zero-order valence-corrected chi connectivity index (χ0v) is 6.08. The van der Waals surface area contributed by atoms with E-state index in [4.69, 9.17) is 10.6 Å². The molecule has 0 saturated carbocycles. The summed E-state index contributed by atoms with van der Waals surface area (Å²) in [5.74, 6) is -0.891. The van der Waals surface area contributed by atoms with Crippen LogP contribution in [0.5, 0.6) is 0 Å². The zero-order chi connectivity index (χ0) is 8.15. The van der Waals surface area contributed by atoms with Crippen molar-refractivity contribution in [2.75, 3.05) is 0 Å². The Hall–Kier alpha value is -0.550. The molecule has 58 valence electrons. The van der Waals surface area contributed by atoms with Crippen LogP contribution in [0.2, 0.25) is 0 Å². The highest BCUT2D eigenvalue weighted by atomic mass is 31.1. The Morgan fingerprint density at radius 3 is 2.60 bits per heavy atom. The number of carbonyl (C=O) groups is 1. The first kappa shape index (κ1) is 9.45. The van der Waals surface area contributed by atoms with Crippen molar-refractivity contribution in [1.29, 1.82) is 0 Å². The van der Waals surface area contributed by atoms with Crippen molar-refractivity contribution in [3.05, 3.63) is 0 Å². The average molecular weight is 168 g/mol. The van der Waals surface area contributed by atoms with E-state index < -0.39 is 20.3 Å². The molecule has 0 amide bonds. The second kappa shape index (κ2) is 4.29. The first-order valence-electron chi connectivity index (χ1n) is 2.34. The highest BCUT2D eigenvalue weighted by Crippen LogP contribution is 2.14. The molecule has 6 nitrogen and oxygen atoms in total. The van der Waals surface area contributed by atoms with Gasteiger partial charge in [-0.3, -0.25) is 0 Å². The lowest BCUT2D eigenvalue weighted by Crippen LogP contribution is -2.28. The van der Waals surface area contributed by atoms with E-state index in [1.165, 1.54) is 6.92 Å². The molecule has 0 bridgehead atoms. The number of nitrogens with two attached hydrogens (primary N) is 1. The Kier molecular flexibility index (Phi) is 4.06. The van der Waals surface area contributed by atoms with Crippen molar-refractivity contribution in [3.8, 4) is 0 Å². The summed E-state index contributed by atoms with van der Waals surface area (Å²) in [6.07, 6.45) is 0. The average Bonchev–Trinajstić information content (AvgIpc) is 1.82. The highest BCUT2D eigenvalue weighted by Gasteiger charge is 2.20. The molecule has 0 rings (SSSR count). The summed E-state index contributed by atoms with van der Waals surface area (Å²) < 4.78 is 13.3. The lowest BCUT2D eigenvalue weighted by molar-refractivity contribution is -0.215. The predicted octanol–water partition coefficient (Wildman–Crippen LogP) is -0.542. The number of hydrogen-bond donors (Lipinski definition) is 2. The van der Waals surface area contributed by atoms with E-state index in [-0.39, 0.29) is 0 Å². The van der Waals surface area contributed by atoms with E-state index in [2.05, 4.69) is 9.56 Å². The Balaban J connectivity index is 3.50. The van der Waals surface area contributed by atoms with Crippen molar-refractivity contribution < 1.29 is 23.8 Å². The molecule has 10 heavy (non-hydrogen) atoms. The third-order valence-corrected chi connectivity index (χ3v) is 0.757. The fourth-order valence-electron chi connectivity index (χ4n) is 0.145. The van der Waals surface area contributed by atoms with Crippen molar-refractivity contribution in [3.63, 3.8) is 0 Å². The molecule has 3 N–H and O–H groups in total. The van der Waals surface area contributed by atoms with E-state index in [1.807, 2.05) is 0 Å². The zero-order valence-electron chi connectivity index (χ0n) is 5.18. The summed E-state index contributed by atoms with van der Waals surface area (Å²) in [6, 6.07) is -0.866. The van der Waals surface area contributed by atoms with Crippen LogP contribution in [0.15, 0.2) is 0 Å². The van der Waals surface area contributed by atoms with Crippen LogP contribution < -0.4 is 5.73 Å². The van der Waals surface area contributed by atoms with Crippen molar-refractivity contribution in [2.24, 2.45) is 5.73 Å². The topological polar surface area (TPSA) is 98.9 Å². The van der Waals surface area contributed by atoms with Crippen molar-refractivity contribution >= 4 is 14.2 Å². The first-order chi connectivity index (χ1) is 4.54. The molecule has 0 aromatic rings. The molecular weight excluding hydrogens is 161 g/mol. The molecule has 2 atom stereocenters. The van der Waals surface area contributed by atoms with Crippen LogP contribution in [-0.2, 0) is 18.9 Å². The van der Waals surface area contributed by atoms with E-state index in [0.29, 0.717) is 0 Å². The second-order valence-corrected chi connectivity index (χ2v) is 2.13. The monoisotopic (exact) mass is 168 g/mol. The summed E-state index contributed by atoms with van der Waals surface area (Å²) in [7, 11) is -2.91. The molecule has 0 heterocycles. The van der Waals surface area contributed by atoms with Gasteiger partial charge in [-0.2, -0.15) is 0 Å². The van der Waals surface area contributed by atoms with E-state index >= 15 is 0 Å². The lowest BCUT2D eigenvalue weighted by atomic mass is 10.4. The Morgan fingerprint density at radius 1 is 1.80 bits per heavy atom. The van der Waals surface area contributed by atoms with Gasteiger partial charge in [-0.05, 0) is 6.92 Å². The van der Waals surface area contributed by atoms with Gasteiger partial charge in [0.05, 0.1) is 0 Å². The van der Waals surface area contributed by atoms with Crippen LogP contribution in [0.25, 0.3) is 0 Å². The Labute approximate surface area is 57.8 Å². The normalized spacial score (nSPS) is 14.1. The lowest BCUT2D eigenvalue weighted by Gasteiger charge is -1.95. The number of rotatable bonds is 3. The summed E-state index contributed by atoms with van der Waals surface area (Å²) in [4.78, 5) is 22.1. The van der Waals surface area contributed by atoms with Gasteiger partial charge < -0.3 is 5.73 Å². The molecule has 2 unspecified atom stereocenters. The maximum atomic E-state index is 10.3. The van der Waals surface area contributed by atoms with Crippen LogP contribution >= 0.6 is 8.25 Å². The van der Waals surface area contributed by atoms with Gasteiger partial charge in [-0.15, -0.1) is 4.89 Å². The molecule has 0 aliphatic heterocycles. The summed E-state index contributed by atoms with van der Waals surface area (Å²) in [5.41, 5.74) is 4.99. The van der Waals surface area contributed by atoms with Crippen LogP contribution in [0.4, 0.5) is 0 Å². The van der Waals surface area contributed by atoms with Gasteiger partial charge in [-0.25, -0.2) is 9.68 Å². The number of carbonyl (C=O) groups excluding carboxylic acids is 1. The van der Waals surface area contributed by atoms with Gasteiger partial charge in [0.2, 0.25) is 0 Å². The van der Waals surface area contributed by atoms with Crippen LogP contribution in [0.1, 0.15) is 6.92 Å². The van der Waals surface area contributed by atoms with E-state index in [0.717, 1.165) is 0 Å². The SMILES string of the molecule is CC(N)C(=O)OO[P+](=O)O. The van der Waals surface area contributed by atoms with Gasteiger partial charge in [-0.1, -0.05) is 0 Å². The maximum absolute atomic E-state index is 10.3. The largest absolute Gasteiger partial charge is 0.736 e. The second-order valence-electron chi connectivity index (χ2n) is 1.50. The molecule has 0 aliphatic rings. The van der Waals surface area contributed by atoms with E-state index in [1.54, 1.807) is 0 Å². The van der Waals surface area contributed by atoms with Crippen molar-refractivity contribution in [1.82, 2.24) is 0 Å². The third kappa shape index (κ3) is 4.34. The molecule has 0 spiro atoms. The molecule has 7 heteroatoms. The van der Waals surface area contributed by atoms with Gasteiger partial charge in [0.25, 0.3) is 0 Å². The minimum atomic E-state index is -2.91. The molecule has 0 aromatic heterocycles. The summed E-state index contributed by atoms with van der Waals surface area (Å²) in [5, 5.41) is 0. The fraction of sp³-hybridized carbons (Fsp3) is 0.667. The molecule has 0 radical (unpaired) electrons. The van der Waals surface area contributed by atoms with E-state index in [9.17, 15) is 9.36 Å². The summed E-state index contributed by atoms with van der Waals surface area (Å²) in [6.45, 7) is 1.36. The summed E-state index contributed by atoms with van der Waals surface area (Å²) >= 11 is 0. The molecule has 0 aromatic carbocycles. The first-order valence-corrected chi connectivity index (χ1v) is 3.47. The Morgan fingerprint density at radius 2 is 2.30 bits per heavy atom. The minimum Gasteiger partial charge on any atom is -0.319 e.